The maximum absolute atomic E-state index is 11.2. The Morgan fingerprint density at radius 1 is 1.35 bits per heavy atom. The van der Waals surface area contributed by atoms with Gasteiger partial charge in [-0.25, -0.2) is 4.79 Å². The fraction of sp³-hybridized carbons (Fsp3) is 0.708. The van der Waals surface area contributed by atoms with Gasteiger partial charge in [-0.15, -0.1) is 0 Å². The van der Waals surface area contributed by atoms with Crippen LogP contribution in [-0.2, 0) is 4.79 Å². The van der Waals surface area contributed by atoms with Gasteiger partial charge in [0.2, 0.25) is 0 Å². The molecule has 1 saturated carbocycles. The molecule has 0 aromatic carbocycles. The van der Waals surface area contributed by atoms with Crippen molar-refractivity contribution in [3.8, 4) is 0 Å². The zero-order chi connectivity index (χ0) is 19.1. The number of fused-ring (bicyclic) bond motifs is 3. The van der Waals surface area contributed by atoms with Crippen molar-refractivity contribution in [1.29, 1.82) is 0 Å². The summed E-state index contributed by atoms with van der Waals surface area (Å²) in [6.07, 6.45) is 14.1. The van der Waals surface area contributed by atoms with E-state index in [0.717, 1.165) is 12.8 Å². The van der Waals surface area contributed by atoms with Crippen molar-refractivity contribution in [3.05, 3.63) is 35.5 Å². The van der Waals surface area contributed by atoms with E-state index in [1.807, 2.05) is 0 Å². The van der Waals surface area contributed by atoms with Gasteiger partial charge in [-0.2, -0.15) is 0 Å². The van der Waals surface area contributed by atoms with E-state index in [1.54, 1.807) is 11.1 Å². The van der Waals surface area contributed by atoms with Gasteiger partial charge in [0, 0.05) is 5.57 Å². The van der Waals surface area contributed by atoms with E-state index in [-0.39, 0.29) is 5.41 Å². The van der Waals surface area contributed by atoms with Crippen LogP contribution in [0.25, 0.3) is 0 Å². The summed E-state index contributed by atoms with van der Waals surface area (Å²) in [5, 5.41) is 9.19. The van der Waals surface area contributed by atoms with E-state index in [4.69, 9.17) is 0 Å². The van der Waals surface area contributed by atoms with Gasteiger partial charge in [-0.1, -0.05) is 58.4 Å². The number of aliphatic carboxylic acids is 1. The Bertz CT molecular complexity index is 653. The molecule has 144 valence electrons. The standard InChI is InChI=1S/C24H36O2/c1-16(2)18-7-9-20-19(15-18)8-10-21-23(4,12-6-13-24(20,21)5)14-11-17(3)22(25)26/h8,15-16,20-21H,3,6-7,9-14H2,1-2,4-5H3,(H,25,26)/t20-,21?,23-,24-/m1/s1. The smallest absolute Gasteiger partial charge is 0.330 e. The molecule has 0 aromatic heterocycles. The predicted octanol–water partition coefficient (Wildman–Crippen LogP) is 6.54. The molecule has 0 heterocycles. The first-order valence-corrected chi connectivity index (χ1v) is 10.5. The molecular weight excluding hydrogens is 320 g/mol. The SMILES string of the molecule is C=C(CC[C@@]1(C)CCC[C@@]2(C)C1CC=C1C=C(C(C)C)CC[C@H]12)C(=O)O. The van der Waals surface area contributed by atoms with Crippen molar-refractivity contribution in [3.63, 3.8) is 0 Å². The Balaban J connectivity index is 1.85. The van der Waals surface area contributed by atoms with Crippen molar-refractivity contribution >= 4 is 5.97 Å². The summed E-state index contributed by atoms with van der Waals surface area (Å²) in [4.78, 5) is 11.2. The molecule has 2 heteroatoms. The molecule has 0 amide bonds. The average molecular weight is 357 g/mol. The average Bonchev–Trinajstić information content (AvgIpc) is 2.59. The highest BCUT2D eigenvalue weighted by atomic mass is 16.4. The second kappa shape index (κ2) is 7.02. The first kappa shape index (κ1) is 19.5. The summed E-state index contributed by atoms with van der Waals surface area (Å²) >= 11 is 0. The van der Waals surface area contributed by atoms with E-state index in [0.29, 0.717) is 35.2 Å². The topological polar surface area (TPSA) is 37.3 Å². The molecule has 26 heavy (non-hydrogen) atoms. The molecule has 1 N–H and O–H groups in total. The number of carbonyl (C=O) groups is 1. The lowest BCUT2D eigenvalue weighted by atomic mass is 9.46. The zero-order valence-corrected chi connectivity index (χ0v) is 17.1. The number of carboxylic acids is 1. The highest BCUT2D eigenvalue weighted by molar-refractivity contribution is 5.85. The van der Waals surface area contributed by atoms with Crippen LogP contribution >= 0.6 is 0 Å². The molecule has 3 aliphatic carbocycles. The Labute approximate surface area is 159 Å². The minimum absolute atomic E-state index is 0.232. The van der Waals surface area contributed by atoms with Crippen molar-refractivity contribution in [2.24, 2.45) is 28.6 Å². The van der Waals surface area contributed by atoms with Gasteiger partial charge in [0.15, 0.2) is 0 Å². The van der Waals surface area contributed by atoms with Crippen molar-refractivity contribution in [2.75, 3.05) is 0 Å². The van der Waals surface area contributed by atoms with Crippen LogP contribution in [0.1, 0.15) is 79.1 Å². The molecule has 2 nitrogen and oxygen atoms in total. The van der Waals surface area contributed by atoms with E-state index >= 15 is 0 Å². The van der Waals surface area contributed by atoms with E-state index < -0.39 is 5.97 Å². The first-order valence-electron chi connectivity index (χ1n) is 10.5. The Morgan fingerprint density at radius 3 is 2.73 bits per heavy atom. The third-order valence-electron chi connectivity index (χ3n) is 8.00. The lowest BCUT2D eigenvalue weighted by molar-refractivity contribution is -0.132. The highest BCUT2D eigenvalue weighted by Gasteiger charge is 2.53. The summed E-state index contributed by atoms with van der Waals surface area (Å²) in [6, 6.07) is 0. The predicted molar refractivity (Wildman–Crippen MR) is 108 cm³/mol. The normalized spacial score (nSPS) is 36.7. The zero-order valence-electron chi connectivity index (χ0n) is 17.1. The Morgan fingerprint density at radius 2 is 2.08 bits per heavy atom. The van der Waals surface area contributed by atoms with E-state index in [2.05, 4.69) is 46.4 Å². The van der Waals surface area contributed by atoms with Gasteiger partial charge in [-0.3, -0.25) is 0 Å². The van der Waals surface area contributed by atoms with Crippen LogP contribution in [0.2, 0.25) is 0 Å². The molecule has 0 bridgehead atoms. The molecule has 1 unspecified atom stereocenters. The fourth-order valence-corrected chi connectivity index (χ4v) is 6.32. The van der Waals surface area contributed by atoms with Gasteiger partial charge in [0.1, 0.15) is 0 Å². The number of allylic oxidation sites excluding steroid dienone is 4. The minimum Gasteiger partial charge on any atom is -0.478 e. The molecule has 1 fully saturated rings. The molecule has 0 aromatic rings. The van der Waals surface area contributed by atoms with Gasteiger partial charge in [0.05, 0.1) is 0 Å². The summed E-state index contributed by atoms with van der Waals surface area (Å²) in [6.45, 7) is 13.3. The van der Waals surface area contributed by atoms with Crippen molar-refractivity contribution in [1.82, 2.24) is 0 Å². The van der Waals surface area contributed by atoms with Crippen molar-refractivity contribution in [2.45, 2.75) is 79.1 Å². The maximum atomic E-state index is 11.2. The summed E-state index contributed by atoms with van der Waals surface area (Å²) < 4.78 is 0. The Hall–Kier alpha value is -1.31. The third kappa shape index (κ3) is 3.32. The van der Waals surface area contributed by atoms with Gasteiger partial charge in [0.25, 0.3) is 0 Å². The summed E-state index contributed by atoms with van der Waals surface area (Å²) in [5.74, 6) is 1.16. The highest BCUT2D eigenvalue weighted by Crippen LogP contribution is 2.63. The van der Waals surface area contributed by atoms with Gasteiger partial charge >= 0.3 is 5.97 Å². The second-order valence-electron chi connectivity index (χ2n) is 9.88. The maximum Gasteiger partial charge on any atom is 0.330 e. The summed E-state index contributed by atoms with van der Waals surface area (Å²) in [5.41, 5.74) is 4.17. The van der Waals surface area contributed by atoms with Crippen LogP contribution in [-0.4, -0.2) is 11.1 Å². The van der Waals surface area contributed by atoms with Crippen LogP contribution in [0, 0.1) is 28.6 Å². The molecule has 3 rings (SSSR count). The lowest BCUT2D eigenvalue weighted by Gasteiger charge is -2.58. The molecule has 0 saturated heterocycles. The molecule has 0 radical (unpaired) electrons. The third-order valence-corrected chi connectivity index (χ3v) is 8.00. The lowest BCUT2D eigenvalue weighted by Crippen LogP contribution is -2.50. The molecule has 0 spiro atoms. The van der Waals surface area contributed by atoms with Crippen LogP contribution in [0.3, 0.4) is 0 Å². The van der Waals surface area contributed by atoms with Crippen LogP contribution in [0.4, 0.5) is 0 Å². The minimum atomic E-state index is -0.836. The number of hydrogen-bond acceptors (Lipinski definition) is 1. The van der Waals surface area contributed by atoms with Crippen LogP contribution < -0.4 is 0 Å². The van der Waals surface area contributed by atoms with Crippen LogP contribution in [0.5, 0.6) is 0 Å². The number of hydrogen-bond donors (Lipinski definition) is 1. The van der Waals surface area contributed by atoms with Crippen LogP contribution in [0.15, 0.2) is 35.5 Å². The van der Waals surface area contributed by atoms with Crippen molar-refractivity contribution < 1.29 is 9.90 Å². The van der Waals surface area contributed by atoms with E-state index in [1.165, 1.54) is 32.1 Å². The largest absolute Gasteiger partial charge is 0.478 e. The number of carboxylic acid groups (broad SMARTS) is 1. The van der Waals surface area contributed by atoms with Gasteiger partial charge < -0.3 is 5.11 Å². The molecule has 4 atom stereocenters. The molecule has 0 aliphatic heterocycles. The summed E-state index contributed by atoms with van der Waals surface area (Å²) in [7, 11) is 0. The monoisotopic (exact) mass is 356 g/mol. The molecule has 3 aliphatic rings. The molecular formula is C24H36O2. The number of rotatable bonds is 5. The Kier molecular flexibility index (Phi) is 5.25. The fourth-order valence-electron chi connectivity index (χ4n) is 6.32. The first-order chi connectivity index (χ1) is 12.2. The van der Waals surface area contributed by atoms with Gasteiger partial charge in [-0.05, 0) is 79.1 Å². The van der Waals surface area contributed by atoms with E-state index in [9.17, 15) is 9.90 Å². The second-order valence-corrected chi connectivity index (χ2v) is 9.88. The quantitative estimate of drug-likeness (QED) is 0.568.